The number of anilines is 1. The van der Waals surface area contributed by atoms with E-state index in [1.54, 1.807) is 7.05 Å². The second-order valence-corrected chi connectivity index (χ2v) is 7.11. The van der Waals surface area contributed by atoms with Crippen LogP contribution in [-0.2, 0) is 4.79 Å². The van der Waals surface area contributed by atoms with E-state index in [-0.39, 0.29) is 17.9 Å². The molecule has 1 heterocycles. The second-order valence-electron chi connectivity index (χ2n) is 7.11. The van der Waals surface area contributed by atoms with Gasteiger partial charge >= 0.3 is 0 Å². The van der Waals surface area contributed by atoms with Crippen molar-refractivity contribution in [2.24, 2.45) is 4.99 Å². The number of aliphatic imine (C=N–C) groups is 1. The first-order valence-electron chi connectivity index (χ1n) is 9.61. The number of hydrogen-bond acceptors (Lipinski definition) is 3. The molecule has 148 valence electrons. The number of guanidine groups is 1. The summed E-state index contributed by atoms with van der Waals surface area (Å²) in [6.07, 6.45) is 0.455. The zero-order valence-electron chi connectivity index (χ0n) is 16.7. The molecule has 0 radical (unpaired) electrons. The summed E-state index contributed by atoms with van der Waals surface area (Å²) in [7, 11) is 1.74. The fourth-order valence-electron chi connectivity index (χ4n) is 3.26. The van der Waals surface area contributed by atoms with Crippen LogP contribution in [0.5, 0.6) is 5.75 Å². The van der Waals surface area contributed by atoms with Crippen LogP contribution in [-0.4, -0.2) is 38.1 Å². The first-order valence-corrected chi connectivity index (χ1v) is 9.61. The van der Waals surface area contributed by atoms with Gasteiger partial charge in [-0.15, -0.1) is 0 Å². The van der Waals surface area contributed by atoms with Crippen LogP contribution in [0, 0.1) is 6.92 Å². The monoisotopic (exact) mass is 380 g/mol. The van der Waals surface area contributed by atoms with Crippen LogP contribution in [0.15, 0.2) is 53.5 Å². The quantitative estimate of drug-likeness (QED) is 0.532. The predicted molar refractivity (Wildman–Crippen MR) is 113 cm³/mol. The number of amides is 1. The highest BCUT2D eigenvalue weighted by atomic mass is 16.5. The highest BCUT2D eigenvalue weighted by Gasteiger charge is 2.24. The lowest BCUT2D eigenvalue weighted by Gasteiger charge is -2.26. The van der Waals surface area contributed by atoms with E-state index in [2.05, 4.69) is 33.9 Å². The Labute approximate surface area is 166 Å². The van der Waals surface area contributed by atoms with Crippen LogP contribution in [0.4, 0.5) is 5.69 Å². The largest absolute Gasteiger partial charge is 0.489 e. The number of ether oxygens (including phenoxy) is 1. The lowest BCUT2D eigenvalue weighted by molar-refractivity contribution is -0.116. The molecule has 3 N–H and O–H groups in total. The zero-order chi connectivity index (χ0) is 19.9. The van der Waals surface area contributed by atoms with E-state index >= 15 is 0 Å². The molecular formula is C22H28N4O2. The summed E-state index contributed by atoms with van der Waals surface area (Å²) in [6, 6.07) is 16.0. The molecular weight excluding hydrogens is 352 g/mol. The fraction of sp³-hybridized carbons (Fsp3) is 0.364. The molecule has 2 atom stereocenters. The Morgan fingerprint density at radius 3 is 2.71 bits per heavy atom. The van der Waals surface area contributed by atoms with E-state index in [0.717, 1.165) is 17.0 Å². The van der Waals surface area contributed by atoms with Crippen molar-refractivity contribution in [1.29, 1.82) is 0 Å². The summed E-state index contributed by atoms with van der Waals surface area (Å²) in [5.74, 6) is 1.72. The van der Waals surface area contributed by atoms with Crippen molar-refractivity contribution in [3.8, 4) is 5.75 Å². The molecule has 1 amide bonds. The number of rotatable bonds is 6. The van der Waals surface area contributed by atoms with E-state index in [9.17, 15) is 4.79 Å². The molecule has 28 heavy (non-hydrogen) atoms. The van der Waals surface area contributed by atoms with Gasteiger partial charge in [-0.2, -0.15) is 0 Å². The average molecular weight is 380 g/mol. The number of nitrogens with zero attached hydrogens (tertiary/aromatic N) is 1. The van der Waals surface area contributed by atoms with Gasteiger partial charge in [0, 0.05) is 31.6 Å². The van der Waals surface area contributed by atoms with E-state index in [0.29, 0.717) is 25.5 Å². The topological polar surface area (TPSA) is 74.8 Å². The van der Waals surface area contributed by atoms with Gasteiger partial charge < -0.3 is 20.7 Å². The Morgan fingerprint density at radius 2 is 1.96 bits per heavy atom. The van der Waals surface area contributed by atoms with Crippen molar-refractivity contribution in [3.05, 3.63) is 59.7 Å². The van der Waals surface area contributed by atoms with Crippen LogP contribution in [0.2, 0.25) is 0 Å². The van der Waals surface area contributed by atoms with Crippen molar-refractivity contribution in [2.75, 3.05) is 25.5 Å². The average Bonchev–Trinajstić information content (AvgIpc) is 2.69. The minimum absolute atomic E-state index is 0.0116. The summed E-state index contributed by atoms with van der Waals surface area (Å²) in [5, 5.41) is 9.55. The number of nitrogens with one attached hydrogen (secondary N) is 3. The molecule has 0 bridgehead atoms. The SMILES string of the molecule is CN=C(NCC(C)Oc1ccc(C)cc1)NCC1CC(=O)Nc2ccccc21. The van der Waals surface area contributed by atoms with Gasteiger partial charge in [0.15, 0.2) is 5.96 Å². The van der Waals surface area contributed by atoms with Gasteiger partial charge in [0.25, 0.3) is 0 Å². The molecule has 6 nitrogen and oxygen atoms in total. The minimum atomic E-state index is -0.0116. The molecule has 2 aromatic carbocycles. The third-order valence-electron chi connectivity index (χ3n) is 4.76. The smallest absolute Gasteiger partial charge is 0.225 e. The van der Waals surface area contributed by atoms with Gasteiger partial charge in [-0.25, -0.2) is 0 Å². The molecule has 2 unspecified atom stereocenters. The highest BCUT2D eigenvalue weighted by Crippen LogP contribution is 2.31. The first kappa shape index (κ1) is 19.7. The molecule has 2 aromatic rings. The van der Waals surface area contributed by atoms with Crippen LogP contribution >= 0.6 is 0 Å². The predicted octanol–water partition coefficient (Wildman–Crippen LogP) is 3.05. The fourth-order valence-corrected chi connectivity index (χ4v) is 3.26. The molecule has 6 heteroatoms. The van der Waals surface area contributed by atoms with Crippen LogP contribution in [0.1, 0.15) is 30.4 Å². The van der Waals surface area contributed by atoms with Gasteiger partial charge in [-0.3, -0.25) is 9.79 Å². The molecule has 1 aliphatic rings. The molecule has 0 aromatic heterocycles. The van der Waals surface area contributed by atoms with Gasteiger partial charge in [0.2, 0.25) is 5.91 Å². The molecule has 0 saturated heterocycles. The number of benzene rings is 2. The van der Waals surface area contributed by atoms with Crippen LogP contribution < -0.4 is 20.7 Å². The lowest BCUT2D eigenvalue weighted by atomic mass is 9.90. The van der Waals surface area contributed by atoms with Crippen molar-refractivity contribution < 1.29 is 9.53 Å². The second kappa shape index (κ2) is 9.26. The number of carbonyl (C=O) groups excluding carboxylic acids is 1. The zero-order valence-corrected chi connectivity index (χ0v) is 16.7. The summed E-state index contributed by atoms with van der Waals surface area (Å²) in [5.41, 5.74) is 3.26. The molecule has 0 spiro atoms. The van der Waals surface area contributed by atoms with E-state index in [1.165, 1.54) is 5.56 Å². The van der Waals surface area contributed by atoms with Gasteiger partial charge in [0.05, 0.1) is 6.54 Å². The standard InChI is InChI=1S/C22H28N4O2/c1-15-8-10-18(11-9-15)28-16(2)13-24-22(23-3)25-14-17-12-21(27)26-20-7-5-4-6-19(17)20/h4-11,16-17H,12-14H2,1-3H3,(H,26,27)(H2,23,24,25). The number of para-hydroxylation sites is 1. The molecule has 0 saturated carbocycles. The number of fused-ring (bicyclic) bond motifs is 1. The van der Waals surface area contributed by atoms with E-state index in [4.69, 9.17) is 4.74 Å². The molecule has 3 rings (SSSR count). The Kier molecular flexibility index (Phi) is 6.53. The number of hydrogen-bond donors (Lipinski definition) is 3. The lowest BCUT2D eigenvalue weighted by Crippen LogP contribution is -2.43. The first-order chi connectivity index (χ1) is 13.5. The maximum atomic E-state index is 12.0. The number of aryl methyl sites for hydroxylation is 1. The maximum absolute atomic E-state index is 12.0. The molecule has 0 aliphatic carbocycles. The van der Waals surface area contributed by atoms with Crippen LogP contribution in [0.25, 0.3) is 0 Å². The third kappa shape index (κ3) is 5.25. The number of carbonyl (C=O) groups is 1. The summed E-state index contributed by atoms with van der Waals surface area (Å²) in [6.45, 7) is 5.33. The summed E-state index contributed by atoms with van der Waals surface area (Å²) >= 11 is 0. The Hall–Kier alpha value is -3.02. The maximum Gasteiger partial charge on any atom is 0.225 e. The van der Waals surface area contributed by atoms with Crippen molar-refractivity contribution in [2.45, 2.75) is 32.3 Å². The van der Waals surface area contributed by atoms with Gasteiger partial charge in [-0.05, 0) is 37.6 Å². The van der Waals surface area contributed by atoms with Crippen molar-refractivity contribution in [3.63, 3.8) is 0 Å². The summed E-state index contributed by atoms with van der Waals surface area (Å²) in [4.78, 5) is 16.2. The minimum Gasteiger partial charge on any atom is -0.489 e. The van der Waals surface area contributed by atoms with E-state index in [1.807, 2.05) is 49.4 Å². The van der Waals surface area contributed by atoms with Crippen molar-refractivity contribution in [1.82, 2.24) is 10.6 Å². The highest BCUT2D eigenvalue weighted by molar-refractivity contribution is 5.94. The van der Waals surface area contributed by atoms with Crippen molar-refractivity contribution >= 4 is 17.6 Å². The summed E-state index contributed by atoms with van der Waals surface area (Å²) < 4.78 is 5.92. The van der Waals surface area contributed by atoms with Crippen LogP contribution in [0.3, 0.4) is 0 Å². The van der Waals surface area contributed by atoms with Gasteiger partial charge in [0.1, 0.15) is 11.9 Å². The molecule has 1 aliphatic heterocycles. The Balaban J connectivity index is 1.50. The Morgan fingerprint density at radius 1 is 1.21 bits per heavy atom. The Bertz CT molecular complexity index is 833. The van der Waals surface area contributed by atoms with E-state index < -0.39 is 0 Å². The normalized spacial score (nSPS) is 17.3. The van der Waals surface area contributed by atoms with Gasteiger partial charge in [-0.1, -0.05) is 35.9 Å². The third-order valence-corrected chi connectivity index (χ3v) is 4.76. The molecule has 0 fully saturated rings.